The van der Waals surface area contributed by atoms with Gasteiger partial charge in [-0.25, -0.2) is 0 Å². The molecule has 0 bridgehead atoms. The smallest absolute Gasteiger partial charge is 0.378 e. The van der Waals surface area contributed by atoms with Crippen LogP contribution >= 0.6 is 8.25 Å². The summed E-state index contributed by atoms with van der Waals surface area (Å²) in [6.07, 6.45) is 0. The predicted molar refractivity (Wildman–Crippen MR) is 46.5 cm³/mol. The van der Waals surface area contributed by atoms with E-state index in [1.54, 1.807) is 0 Å². The molecule has 0 rings (SSSR count). The maximum absolute atomic E-state index is 10.0. The van der Waals surface area contributed by atoms with E-state index in [9.17, 15) is 4.57 Å². The highest BCUT2D eigenvalue weighted by Gasteiger charge is 2.09. The van der Waals surface area contributed by atoms with Gasteiger partial charge >= 0.3 is 8.25 Å². The van der Waals surface area contributed by atoms with Crippen molar-refractivity contribution in [3.63, 3.8) is 0 Å². The molecule has 0 spiro atoms. The Labute approximate surface area is 77.9 Å². The topological polar surface area (TPSA) is 91.0 Å². The van der Waals surface area contributed by atoms with Gasteiger partial charge in [0.05, 0.1) is 26.4 Å². The van der Waals surface area contributed by atoms with E-state index in [1.165, 1.54) is 0 Å². The minimum absolute atomic E-state index is 0.114. The van der Waals surface area contributed by atoms with Gasteiger partial charge in [0.25, 0.3) is 0 Å². The van der Waals surface area contributed by atoms with E-state index in [4.69, 9.17) is 20.1 Å². The van der Waals surface area contributed by atoms with Crippen LogP contribution in [0.1, 0.15) is 0 Å². The zero-order chi connectivity index (χ0) is 9.94. The Morgan fingerprint density at radius 3 is 2.15 bits per heavy atom. The molecule has 1 unspecified atom stereocenters. The Bertz CT molecular complexity index is 134. The normalized spacial score (nSPS) is 11.7. The third-order valence-electron chi connectivity index (χ3n) is 1.06. The SMILES string of the molecule is NCCOCCOCCO[P+](=O)O. The van der Waals surface area contributed by atoms with Crippen LogP contribution in [0.5, 0.6) is 0 Å². The molecule has 0 aliphatic rings. The van der Waals surface area contributed by atoms with Crippen molar-refractivity contribution < 1.29 is 23.5 Å². The molecule has 6 nitrogen and oxygen atoms in total. The van der Waals surface area contributed by atoms with Gasteiger partial charge in [0, 0.05) is 11.1 Å². The molecule has 0 amide bonds. The maximum Gasteiger partial charge on any atom is 0.694 e. The van der Waals surface area contributed by atoms with E-state index in [1.807, 2.05) is 0 Å². The first-order chi connectivity index (χ1) is 6.27. The van der Waals surface area contributed by atoms with Gasteiger partial charge in [-0.05, 0) is 0 Å². The van der Waals surface area contributed by atoms with Crippen molar-refractivity contribution in [3.8, 4) is 0 Å². The minimum Gasteiger partial charge on any atom is -0.378 e. The summed E-state index contributed by atoms with van der Waals surface area (Å²) in [5.41, 5.74) is 5.18. The second-order valence-electron chi connectivity index (χ2n) is 2.08. The first-order valence-corrected chi connectivity index (χ1v) is 5.05. The highest BCUT2D eigenvalue weighted by Crippen LogP contribution is 2.12. The van der Waals surface area contributed by atoms with E-state index < -0.39 is 8.25 Å². The Morgan fingerprint density at radius 2 is 1.62 bits per heavy atom. The van der Waals surface area contributed by atoms with Gasteiger partial charge in [-0.3, -0.25) is 0 Å². The van der Waals surface area contributed by atoms with Crippen molar-refractivity contribution in [1.29, 1.82) is 0 Å². The molecule has 0 aromatic rings. The summed E-state index contributed by atoms with van der Waals surface area (Å²) in [5.74, 6) is 0. The molecule has 0 radical (unpaired) electrons. The summed E-state index contributed by atoms with van der Waals surface area (Å²) >= 11 is 0. The quantitative estimate of drug-likeness (QED) is 0.401. The molecule has 0 heterocycles. The lowest BCUT2D eigenvalue weighted by molar-refractivity contribution is 0.0384. The summed E-state index contributed by atoms with van der Waals surface area (Å²) in [5, 5.41) is 0. The van der Waals surface area contributed by atoms with Gasteiger partial charge in [0.15, 0.2) is 0 Å². The molecular weight excluding hydrogens is 197 g/mol. The van der Waals surface area contributed by atoms with Gasteiger partial charge in [-0.2, -0.15) is 0 Å². The molecule has 0 aliphatic carbocycles. The maximum atomic E-state index is 10.0. The molecule has 0 aromatic heterocycles. The molecule has 0 saturated carbocycles. The summed E-state index contributed by atoms with van der Waals surface area (Å²) in [6.45, 7) is 2.32. The van der Waals surface area contributed by atoms with E-state index in [0.717, 1.165) is 0 Å². The first kappa shape index (κ1) is 12.9. The third-order valence-corrected chi connectivity index (χ3v) is 1.47. The minimum atomic E-state index is -2.51. The Morgan fingerprint density at radius 1 is 1.08 bits per heavy atom. The van der Waals surface area contributed by atoms with Gasteiger partial charge in [0.1, 0.15) is 6.61 Å². The highest BCUT2D eigenvalue weighted by molar-refractivity contribution is 7.32. The van der Waals surface area contributed by atoms with Gasteiger partial charge in [-0.15, -0.1) is 9.42 Å². The number of rotatable bonds is 9. The van der Waals surface area contributed by atoms with Crippen molar-refractivity contribution in [1.82, 2.24) is 0 Å². The molecule has 0 saturated heterocycles. The Hall–Kier alpha value is -0.100. The molecule has 7 heteroatoms. The van der Waals surface area contributed by atoms with Crippen LogP contribution in [-0.2, 0) is 18.6 Å². The van der Waals surface area contributed by atoms with Crippen LogP contribution in [0.25, 0.3) is 0 Å². The highest BCUT2D eigenvalue weighted by atomic mass is 31.1. The fourth-order valence-corrected chi connectivity index (χ4v) is 0.810. The van der Waals surface area contributed by atoms with Crippen LogP contribution in [0.15, 0.2) is 0 Å². The van der Waals surface area contributed by atoms with E-state index in [0.29, 0.717) is 26.4 Å². The number of nitrogens with two attached hydrogens (primary N) is 1. The van der Waals surface area contributed by atoms with E-state index in [2.05, 4.69) is 4.52 Å². The van der Waals surface area contributed by atoms with Crippen LogP contribution in [0, 0.1) is 0 Å². The zero-order valence-electron chi connectivity index (χ0n) is 7.35. The second-order valence-corrected chi connectivity index (χ2v) is 2.82. The fourth-order valence-electron chi connectivity index (χ4n) is 0.580. The predicted octanol–water partition coefficient (Wildman–Crippen LogP) is -0.355. The van der Waals surface area contributed by atoms with Crippen LogP contribution in [0.2, 0.25) is 0 Å². The van der Waals surface area contributed by atoms with Crippen molar-refractivity contribution in [3.05, 3.63) is 0 Å². The third kappa shape index (κ3) is 11.9. The van der Waals surface area contributed by atoms with Gasteiger partial charge in [0.2, 0.25) is 0 Å². The van der Waals surface area contributed by atoms with Gasteiger partial charge in [-0.1, -0.05) is 0 Å². The van der Waals surface area contributed by atoms with Crippen LogP contribution in [0.4, 0.5) is 0 Å². The summed E-state index contributed by atoms with van der Waals surface area (Å²) in [4.78, 5) is 8.22. The molecule has 13 heavy (non-hydrogen) atoms. The molecule has 0 fully saturated rings. The fraction of sp³-hybridized carbons (Fsp3) is 1.00. The van der Waals surface area contributed by atoms with E-state index in [-0.39, 0.29) is 13.2 Å². The van der Waals surface area contributed by atoms with E-state index >= 15 is 0 Å². The number of hydrogen-bond donors (Lipinski definition) is 2. The molecule has 0 aromatic carbocycles. The van der Waals surface area contributed by atoms with Crippen molar-refractivity contribution in [2.75, 3.05) is 39.6 Å². The Kier molecular flexibility index (Phi) is 9.91. The lowest BCUT2D eigenvalue weighted by atomic mass is 10.7. The molecule has 78 valence electrons. The van der Waals surface area contributed by atoms with Crippen molar-refractivity contribution in [2.45, 2.75) is 0 Å². The average Bonchev–Trinajstić information content (AvgIpc) is 2.09. The lowest BCUT2D eigenvalue weighted by Crippen LogP contribution is -2.13. The lowest BCUT2D eigenvalue weighted by Gasteiger charge is -2.02. The zero-order valence-corrected chi connectivity index (χ0v) is 8.24. The molecule has 1 atom stereocenters. The van der Waals surface area contributed by atoms with Crippen LogP contribution in [0.3, 0.4) is 0 Å². The molecular formula is C6H15NO5P+. The van der Waals surface area contributed by atoms with Crippen molar-refractivity contribution >= 4 is 8.25 Å². The molecule has 3 N–H and O–H groups in total. The van der Waals surface area contributed by atoms with Gasteiger partial charge < -0.3 is 15.2 Å². The standard InChI is InChI=1S/C6H14NO5P/c7-1-2-10-3-4-11-5-6-12-13(8)9/h1-7H2/p+1. The summed E-state index contributed by atoms with van der Waals surface area (Å²) < 4.78 is 24.4. The Balaban J connectivity index is 2.87. The number of ether oxygens (including phenoxy) is 2. The summed E-state index contributed by atoms with van der Waals surface area (Å²) in [7, 11) is -2.51. The largest absolute Gasteiger partial charge is 0.694 e. The number of hydrogen-bond acceptors (Lipinski definition) is 5. The van der Waals surface area contributed by atoms with Crippen LogP contribution in [-0.4, -0.2) is 44.5 Å². The monoisotopic (exact) mass is 212 g/mol. The van der Waals surface area contributed by atoms with Crippen LogP contribution < -0.4 is 5.73 Å². The summed E-state index contributed by atoms with van der Waals surface area (Å²) in [6, 6.07) is 0. The molecule has 0 aliphatic heterocycles. The second kappa shape index (κ2) is 9.98. The van der Waals surface area contributed by atoms with Crippen molar-refractivity contribution in [2.24, 2.45) is 5.73 Å². The first-order valence-electron chi connectivity index (χ1n) is 3.92. The average molecular weight is 212 g/mol.